The van der Waals surface area contributed by atoms with Crippen LogP contribution < -0.4 is 10.6 Å². The maximum atomic E-state index is 13.0. The lowest BCUT2D eigenvalue weighted by molar-refractivity contribution is -0.137. The van der Waals surface area contributed by atoms with Gasteiger partial charge in [-0.3, -0.25) is 14.5 Å². The van der Waals surface area contributed by atoms with Crippen molar-refractivity contribution in [2.75, 3.05) is 25.0 Å². The van der Waals surface area contributed by atoms with Crippen LogP contribution in [0.1, 0.15) is 38.2 Å². The molecule has 1 aromatic carbocycles. The highest BCUT2D eigenvalue weighted by Crippen LogP contribution is 2.34. The van der Waals surface area contributed by atoms with E-state index >= 15 is 0 Å². The monoisotopic (exact) mass is 396 g/mol. The van der Waals surface area contributed by atoms with Gasteiger partial charge in [0.25, 0.3) is 0 Å². The summed E-state index contributed by atoms with van der Waals surface area (Å²) in [5.74, 6) is -1.03. The van der Waals surface area contributed by atoms with Crippen molar-refractivity contribution in [1.82, 2.24) is 10.2 Å². The fourth-order valence-corrected chi connectivity index (χ4v) is 3.26. The molecule has 1 fully saturated rings. The van der Waals surface area contributed by atoms with E-state index in [2.05, 4.69) is 16.7 Å². The van der Waals surface area contributed by atoms with Crippen LogP contribution in [0.4, 0.5) is 18.9 Å². The minimum absolute atomic E-state index is 0.117. The Balaban J connectivity index is 1.95. The summed E-state index contributed by atoms with van der Waals surface area (Å²) in [5, 5.41) is 14.3. The first-order chi connectivity index (χ1) is 13.2. The van der Waals surface area contributed by atoms with Crippen molar-refractivity contribution in [3.8, 4) is 6.07 Å². The molecule has 1 aliphatic carbocycles. The van der Waals surface area contributed by atoms with Crippen molar-refractivity contribution in [2.45, 2.75) is 44.3 Å². The summed E-state index contributed by atoms with van der Waals surface area (Å²) in [7, 11) is 0. The summed E-state index contributed by atoms with van der Waals surface area (Å²) >= 11 is 0. The number of benzene rings is 1. The van der Waals surface area contributed by atoms with E-state index in [9.17, 15) is 28.0 Å². The van der Waals surface area contributed by atoms with Gasteiger partial charge in [-0.2, -0.15) is 18.4 Å². The van der Waals surface area contributed by atoms with Gasteiger partial charge in [0.05, 0.1) is 30.4 Å². The number of likely N-dealkylation sites (N-methyl/N-ethyl adjacent to an activating group) is 1. The summed E-state index contributed by atoms with van der Waals surface area (Å²) < 4.78 is 39.1. The number of rotatable bonds is 7. The molecule has 1 aromatic rings. The Kier molecular flexibility index (Phi) is 7.02. The Morgan fingerprint density at radius 2 is 1.79 bits per heavy atom. The highest BCUT2D eigenvalue weighted by Gasteiger charge is 2.36. The molecular formula is C19H23F3N4O2. The number of amides is 2. The molecule has 0 atom stereocenters. The highest BCUT2D eigenvalue weighted by atomic mass is 19.4. The van der Waals surface area contributed by atoms with E-state index in [-0.39, 0.29) is 24.7 Å². The van der Waals surface area contributed by atoms with E-state index < -0.39 is 23.2 Å². The number of nitrogens with one attached hydrogen (secondary N) is 2. The normalized spacial score (nSPS) is 15.9. The molecular weight excluding hydrogens is 373 g/mol. The van der Waals surface area contributed by atoms with Crippen molar-refractivity contribution in [3.05, 3.63) is 29.8 Å². The second-order valence-corrected chi connectivity index (χ2v) is 6.84. The first-order valence-corrected chi connectivity index (χ1v) is 9.10. The predicted molar refractivity (Wildman–Crippen MR) is 97.1 cm³/mol. The highest BCUT2D eigenvalue weighted by molar-refractivity contribution is 5.93. The van der Waals surface area contributed by atoms with Crippen molar-refractivity contribution >= 4 is 17.5 Å². The second-order valence-electron chi connectivity index (χ2n) is 6.84. The Bertz CT molecular complexity index is 752. The lowest BCUT2D eigenvalue weighted by atomic mass is 10.00. The zero-order valence-electron chi connectivity index (χ0n) is 15.6. The summed E-state index contributed by atoms with van der Waals surface area (Å²) in [5.41, 5.74) is -2.11. The largest absolute Gasteiger partial charge is 0.418 e. The van der Waals surface area contributed by atoms with Crippen molar-refractivity contribution < 1.29 is 22.8 Å². The number of nitriles is 1. The lowest BCUT2D eigenvalue weighted by Gasteiger charge is -2.25. The molecule has 0 bridgehead atoms. The fraction of sp³-hybridized carbons (Fsp3) is 0.526. The van der Waals surface area contributed by atoms with E-state index in [0.717, 1.165) is 18.9 Å². The van der Waals surface area contributed by atoms with Gasteiger partial charge in [-0.15, -0.1) is 0 Å². The van der Waals surface area contributed by atoms with Crippen LogP contribution in [-0.2, 0) is 15.8 Å². The first kappa shape index (κ1) is 21.7. The average molecular weight is 396 g/mol. The van der Waals surface area contributed by atoms with Crippen LogP contribution in [0.25, 0.3) is 0 Å². The van der Waals surface area contributed by atoms with E-state index in [1.165, 1.54) is 23.1 Å². The maximum Gasteiger partial charge on any atom is 0.418 e. The molecule has 1 saturated carbocycles. The van der Waals surface area contributed by atoms with Crippen molar-refractivity contribution in [3.63, 3.8) is 0 Å². The summed E-state index contributed by atoms with van der Waals surface area (Å²) in [6.45, 7) is 1.73. The van der Waals surface area contributed by atoms with E-state index in [0.29, 0.717) is 19.4 Å². The quantitative estimate of drug-likeness (QED) is 0.742. The number of nitrogens with zero attached hydrogens (tertiary/aromatic N) is 2. The molecule has 2 amide bonds. The fourth-order valence-electron chi connectivity index (χ4n) is 3.26. The number of carbonyl (C=O) groups is 2. The van der Waals surface area contributed by atoms with Crippen LogP contribution >= 0.6 is 0 Å². The first-order valence-electron chi connectivity index (χ1n) is 9.10. The van der Waals surface area contributed by atoms with Gasteiger partial charge in [0.1, 0.15) is 5.54 Å². The molecule has 0 heterocycles. The number of hydrogen-bond acceptors (Lipinski definition) is 4. The molecule has 2 rings (SSSR count). The molecule has 1 aliphatic rings. The van der Waals surface area contributed by atoms with E-state index in [4.69, 9.17) is 0 Å². The molecule has 28 heavy (non-hydrogen) atoms. The van der Waals surface area contributed by atoms with E-state index in [1.807, 2.05) is 0 Å². The Labute approximate surface area is 161 Å². The zero-order valence-corrected chi connectivity index (χ0v) is 15.6. The average Bonchev–Trinajstić information content (AvgIpc) is 3.09. The minimum Gasteiger partial charge on any atom is -0.337 e. The topological polar surface area (TPSA) is 85.2 Å². The van der Waals surface area contributed by atoms with Gasteiger partial charge in [-0.1, -0.05) is 19.1 Å². The summed E-state index contributed by atoms with van der Waals surface area (Å²) in [6.07, 6.45) is -1.66. The lowest BCUT2D eigenvalue weighted by Crippen LogP contribution is -2.49. The summed E-state index contributed by atoms with van der Waals surface area (Å²) in [4.78, 5) is 26.0. The van der Waals surface area contributed by atoms with Crippen LogP contribution in [-0.4, -0.2) is 41.9 Å². The van der Waals surface area contributed by atoms with E-state index in [1.54, 1.807) is 6.92 Å². The van der Waals surface area contributed by atoms with Crippen LogP contribution in [0.15, 0.2) is 24.3 Å². The third-order valence-electron chi connectivity index (χ3n) is 4.74. The van der Waals surface area contributed by atoms with Crippen LogP contribution in [0.5, 0.6) is 0 Å². The molecule has 0 radical (unpaired) electrons. The molecule has 0 aromatic heterocycles. The molecule has 0 saturated heterocycles. The van der Waals surface area contributed by atoms with Gasteiger partial charge in [0, 0.05) is 0 Å². The molecule has 152 valence electrons. The number of para-hydroxylation sites is 1. The Morgan fingerprint density at radius 1 is 1.18 bits per heavy atom. The zero-order chi connectivity index (χ0) is 20.8. The number of halogens is 3. The molecule has 2 N–H and O–H groups in total. The standard InChI is InChI=1S/C19H23F3N4O2/c1-2-26(12-17(28)25-18(13-23)9-5-6-10-18)11-16(27)24-15-8-4-3-7-14(15)19(20,21)22/h3-4,7-8H,2,5-6,9-12H2,1H3,(H,24,27)(H,25,28). The molecule has 0 aliphatic heterocycles. The number of carbonyl (C=O) groups excluding carboxylic acids is 2. The summed E-state index contributed by atoms with van der Waals surface area (Å²) in [6, 6.07) is 6.88. The van der Waals surface area contributed by atoms with Crippen LogP contribution in [0.2, 0.25) is 0 Å². The number of hydrogen-bond donors (Lipinski definition) is 2. The molecule has 6 nitrogen and oxygen atoms in total. The van der Waals surface area contributed by atoms with Gasteiger partial charge >= 0.3 is 6.18 Å². The second kappa shape index (κ2) is 9.06. The minimum atomic E-state index is -4.58. The Hall–Kier alpha value is -2.60. The van der Waals surface area contributed by atoms with Gasteiger partial charge in [-0.25, -0.2) is 0 Å². The third-order valence-corrected chi connectivity index (χ3v) is 4.74. The van der Waals surface area contributed by atoms with Crippen molar-refractivity contribution in [1.29, 1.82) is 5.26 Å². The third kappa shape index (κ3) is 5.70. The van der Waals surface area contributed by atoms with Crippen molar-refractivity contribution in [2.24, 2.45) is 0 Å². The number of anilines is 1. The van der Waals surface area contributed by atoms with Gasteiger partial charge in [0.2, 0.25) is 11.8 Å². The van der Waals surface area contributed by atoms with Gasteiger partial charge in [0.15, 0.2) is 0 Å². The van der Waals surface area contributed by atoms with Gasteiger partial charge in [-0.05, 0) is 44.4 Å². The molecule has 0 spiro atoms. The maximum absolute atomic E-state index is 13.0. The van der Waals surface area contributed by atoms with Gasteiger partial charge < -0.3 is 10.6 Å². The molecule has 9 heteroatoms. The molecule has 0 unspecified atom stereocenters. The number of alkyl halides is 3. The Morgan fingerprint density at radius 3 is 2.36 bits per heavy atom. The SMILES string of the molecule is CCN(CC(=O)Nc1ccccc1C(F)(F)F)CC(=O)NC1(C#N)CCCC1. The smallest absolute Gasteiger partial charge is 0.337 e. The predicted octanol–water partition coefficient (Wildman–Crippen LogP) is 2.92. The van der Waals surface area contributed by atoms with Crippen LogP contribution in [0.3, 0.4) is 0 Å². The van der Waals surface area contributed by atoms with Crippen LogP contribution in [0, 0.1) is 11.3 Å².